The van der Waals surface area contributed by atoms with E-state index < -0.39 is 11.7 Å². The molecular formula is C15H18F3N3. The van der Waals surface area contributed by atoms with Crippen LogP contribution in [0.15, 0.2) is 30.6 Å². The number of halogens is 3. The molecule has 3 nitrogen and oxygen atoms in total. The van der Waals surface area contributed by atoms with E-state index >= 15 is 0 Å². The Bertz CT molecular complexity index is 615. The summed E-state index contributed by atoms with van der Waals surface area (Å²) in [5, 5.41) is 2.95. The Morgan fingerprint density at radius 1 is 1.29 bits per heavy atom. The van der Waals surface area contributed by atoms with E-state index in [0.29, 0.717) is 17.6 Å². The van der Waals surface area contributed by atoms with Crippen LogP contribution in [0.5, 0.6) is 0 Å². The molecule has 0 aliphatic heterocycles. The summed E-state index contributed by atoms with van der Waals surface area (Å²) >= 11 is 0. The van der Waals surface area contributed by atoms with Crippen LogP contribution in [0, 0.1) is 12.8 Å². The predicted molar refractivity (Wildman–Crippen MR) is 76.5 cm³/mol. The molecule has 0 radical (unpaired) electrons. The molecule has 0 fully saturated rings. The van der Waals surface area contributed by atoms with Gasteiger partial charge in [0.05, 0.1) is 5.56 Å². The molecule has 0 aliphatic rings. The van der Waals surface area contributed by atoms with Gasteiger partial charge in [0.1, 0.15) is 0 Å². The van der Waals surface area contributed by atoms with Gasteiger partial charge in [0.2, 0.25) is 5.95 Å². The van der Waals surface area contributed by atoms with E-state index in [1.54, 1.807) is 18.5 Å². The Kier molecular flexibility index (Phi) is 4.25. The molecule has 0 spiro atoms. The van der Waals surface area contributed by atoms with E-state index in [1.807, 2.05) is 4.57 Å². The van der Waals surface area contributed by atoms with E-state index in [2.05, 4.69) is 24.1 Å². The fourth-order valence-electron chi connectivity index (χ4n) is 2.11. The molecule has 0 bridgehead atoms. The van der Waals surface area contributed by atoms with Crippen molar-refractivity contribution in [2.75, 3.05) is 5.32 Å². The van der Waals surface area contributed by atoms with Crippen molar-refractivity contribution in [3.63, 3.8) is 0 Å². The van der Waals surface area contributed by atoms with Crippen molar-refractivity contribution in [1.82, 2.24) is 9.55 Å². The minimum absolute atomic E-state index is 0.207. The van der Waals surface area contributed by atoms with Gasteiger partial charge in [-0.2, -0.15) is 13.2 Å². The van der Waals surface area contributed by atoms with Crippen LogP contribution < -0.4 is 5.32 Å². The number of hydrogen-bond donors (Lipinski definition) is 1. The molecule has 0 unspecified atom stereocenters. The standard InChI is InChI=1S/C15H18F3N3/c1-10(2)9-21-7-6-19-14(21)20-12-5-4-11(3)13(8-12)15(16,17)18/h4-8,10H,9H2,1-3H3,(H,19,20). The number of anilines is 2. The third-order valence-electron chi connectivity index (χ3n) is 3.08. The number of nitrogens with one attached hydrogen (secondary N) is 1. The Morgan fingerprint density at radius 2 is 2.00 bits per heavy atom. The van der Waals surface area contributed by atoms with E-state index in [-0.39, 0.29) is 5.56 Å². The van der Waals surface area contributed by atoms with Crippen molar-refractivity contribution in [3.05, 3.63) is 41.7 Å². The first kappa shape index (κ1) is 15.4. The SMILES string of the molecule is Cc1ccc(Nc2nccn2CC(C)C)cc1C(F)(F)F. The number of rotatable bonds is 4. The lowest BCUT2D eigenvalue weighted by atomic mass is 10.1. The Hall–Kier alpha value is -1.98. The Morgan fingerprint density at radius 3 is 2.62 bits per heavy atom. The van der Waals surface area contributed by atoms with Gasteiger partial charge in [-0.25, -0.2) is 4.98 Å². The molecule has 0 amide bonds. The maximum absolute atomic E-state index is 12.9. The molecule has 0 saturated carbocycles. The van der Waals surface area contributed by atoms with Crippen LogP contribution in [0.2, 0.25) is 0 Å². The van der Waals surface area contributed by atoms with E-state index in [0.717, 1.165) is 12.6 Å². The van der Waals surface area contributed by atoms with Crippen molar-refractivity contribution in [1.29, 1.82) is 0 Å². The molecule has 114 valence electrons. The van der Waals surface area contributed by atoms with Crippen LogP contribution in [0.4, 0.5) is 24.8 Å². The largest absolute Gasteiger partial charge is 0.416 e. The van der Waals surface area contributed by atoms with Crippen LogP contribution in [-0.2, 0) is 12.7 Å². The molecule has 0 atom stereocenters. The highest BCUT2D eigenvalue weighted by molar-refractivity contribution is 5.56. The van der Waals surface area contributed by atoms with Crippen LogP contribution in [0.1, 0.15) is 25.0 Å². The van der Waals surface area contributed by atoms with Gasteiger partial charge in [0.15, 0.2) is 0 Å². The fraction of sp³-hybridized carbons (Fsp3) is 0.400. The lowest BCUT2D eigenvalue weighted by molar-refractivity contribution is -0.138. The monoisotopic (exact) mass is 297 g/mol. The first-order chi connectivity index (χ1) is 9.77. The summed E-state index contributed by atoms with van der Waals surface area (Å²) in [4.78, 5) is 4.15. The smallest absolute Gasteiger partial charge is 0.326 e. The highest BCUT2D eigenvalue weighted by atomic mass is 19.4. The number of benzene rings is 1. The van der Waals surface area contributed by atoms with Crippen molar-refractivity contribution in [3.8, 4) is 0 Å². The van der Waals surface area contributed by atoms with Gasteiger partial charge >= 0.3 is 6.18 Å². The molecule has 21 heavy (non-hydrogen) atoms. The first-order valence-electron chi connectivity index (χ1n) is 6.73. The van der Waals surface area contributed by atoms with Crippen LogP contribution in [0.25, 0.3) is 0 Å². The van der Waals surface area contributed by atoms with Crippen molar-refractivity contribution >= 4 is 11.6 Å². The molecule has 1 heterocycles. The summed E-state index contributed by atoms with van der Waals surface area (Å²) in [5.41, 5.74) is -0.0443. The molecule has 1 N–H and O–H groups in total. The minimum atomic E-state index is -4.35. The zero-order valence-electron chi connectivity index (χ0n) is 12.2. The number of imidazole rings is 1. The summed E-state index contributed by atoms with van der Waals surface area (Å²) in [6, 6.07) is 4.20. The van der Waals surface area contributed by atoms with Gasteiger partial charge in [-0.1, -0.05) is 19.9 Å². The topological polar surface area (TPSA) is 29.9 Å². The average Bonchev–Trinajstić information content (AvgIpc) is 2.77. The normalized spacial score (nSPS) is 12.0. The van der Waals surface area contributed by atoms with Crippen molar-refractivity contribution < 1.29 is 13.2 Å². The van der Waals surface area contributed by atoms with E-state index in [1.165, 1.54) is 13.0 Å². The quantitative estimate of drug-likeness (QED) is 0.893. The third kappa shape index (κ3) is 3.77. The summed E-state index contributed by atoms with van der Waals surface area (Å²) in [5.74, 6) is 0.962. The molecule has 6 heteroatoms. The molecular weight excluding hydrogens is 279 g/mol. The second kappa shape index (κ2) is 5.79. The fourth-order valence-corrected chi connectivity index (χ4v) is 2.11. The van der Waals surface area contributed by atoms with Gasteiger partial charge in [0, 0.05) is 24.6 Å². The number of nitrogens with zero attached hydrogens (tertiary/aromatic N) is 2. The predicted octanol–water partition coefficient (Wildman–Crippen LogP) is 4.61. The zero-order chi connectivity index (χ0) is 15.6. The van der Waals surface area contributed by atoms with Gasteiger partial charge in [-0.15, -0.1) is 0 Å². The molecule has 0 saturated heterocycles. The van der Waals surface area contributed by atoms with Gasteiger partial charge in [-0.05, 0) is 30.5 Å². The average molecular weight is 297 g/mol. The molecule has 0 aliphatic carbocycles. The van der Waals surface area contributed by atoms with Gasteiger partial charge in [-0.3, -0.25) is 0 Å². The zero-order valence-corrected chi connectivity index (χ0v) is 12.2. The number of alkyl halides is 3. The number of aryl methyl sites for hydroxylation is 1. The molecule has 1 aromatic carbocycles. The highest BCUT2D eigenvalue weighted by Gasteiger charge is 2.32. The minimum Gasteiger partial charge on any atom is -0.326 e. The van der Waals surface area contributed by atoms with Crippen LogP contribution in [-0.4, -0.2) is 9.55 Å². The highest BCUT2D eigenvalue weighted by Crippen LogP contribution is 2.34. The van der Waals surface area contributed by atoms with Crippen LogP contribution in [0.3, 0.4) is 0 Å². The Labute approximate surface area is 121 Å². The lowest BCUT2D eigenvalue weighted by Crippen LogP contribution is -2.10. The van der Waals surface area contributed by atoms with Gasteiger partial charge in [0.25, 0.3) is 0 Å². The summed E-state index contributed by atoms with van der Waals surface area (Å²) in [6.07, 6.45) is -0.917. The number of hydrogen-bond acceptors (Lipinski definition) is 2. The first-order valence-corrected chi connectivity index (χ1v) is 6.73. The summed E-state index contributed by atoms with van der Waals surface area (Å²) in [6.45, 7) is 6.33. The van der Waals surface area contributed by atoms with Crippen molar-refractivity contribution in [2.45, 2.75) is 33.5 Å². The number of aromatic nitrogens is 2. The van der Waals surface area contributed by atoms with E-state index in [4.69, 9.17) is 0 Å². The molecule has 1 aromatic heterocycles. The Balaban J connectivity index is 2.27. The third-order valence-corrected chi connectivity index (χ3v) is 3.08. The second-order valence-corrected chi connectivity index (χ2v) is 5.45. The van der Waals surface area contributed by atoms with Crippen molar-refractivity contribution in [2.24, 2.45) is 5.92 Å². The molecule has 2 aromatic rings. The van der Waals surface area contributed by atoms with Crippen LogP contribution >= 0.6 is 0 Å². The second-order valence-electron chi connectivity index (χ2n) is 5.45. The lowest BCUT2D eigenvalue weighted by Gasteiger charge is -2.14. The maximum Gasteiger partial charge on any atom is 0.416 e. The van der Waals surface area contributed by atoms with E-state index in [9.17, 15) is 13.2 Å². The molecule has 2 rings (SSSR count). The maximum atomic E-state index is 12.9. The summed E-state index contributed by atoms with van der Waals surface area (Å²) in [7, 11) is 0. The summed E-state index contributed by atoms with van der Waals surface area (Å²) < 4.78 is 40.6. The van der Waals surface area contributed by atoms with Gasteiger partial charge < -0.3 is 9.88 Å².